The number of hydrogen-bond acceptors (Lipinski definition) is 1. The van der Waals surface area contributed by atoms with Crippen LogP contribution in [-0.4, -0.2) is 11.7 Å². The van der Waals surface area contributed by atoms with Crippen molar-refractivity contribution in [2.75, 3.05) is 6.61 Å². The van der Waals surface area contributed by atoms with E-state index in [1.54, 1.807) is 0 Å². The Labute approximate surface area is 130 Å². The molecule has 0 aromatic carbocycles. The molecule has 3 fully saturated rings. The molecule has 1 N–H and O–H groups in total. The summed E-state index contributed by atoms with van der Waals surface area (Å²) in [6.07, 6.45) is 16.1. The summed E-state index contributed by atoms with van der Waals surface area (Å²) in [4.78, 5) is 0. The lowest BCUT2D eigenvalue weighted by atomic mass is 9.40. The molecule has 0 amide bonds. The molecule has 0 radical (unpaired) electrons. The lowest BCUT2D eigenvalue weighted by Gasteiger charge is -2.64. The highest BCUT2D eigenvalue weighted by atomic mass is 16.3. The van der Waals surface area contributed by atoms with E-state index in [2.05, 4.69) is 32.9 Å². The normalized spacial score (nSPS) is 58.7. The van der Waals surface area contributed by atoms with E-state index in [0.29, 0.717) is 22.9 Å². The van der Waals surface area contributed by atoms with Crippen molar-refractivity contribution in [3.8, 4) is 0 Å². The Morgan fingerprint density at radius 1 is 0.952 bits per heavy atom. The van der Waals surface area contributed by atoms with E-state index in [9.17, 15) is 5.11 Å². The van der Waals surface area contributed by atoms with Gasteiger partial charge in [-0.1, -0.05) is 39.3 Å². The Morgan fingerprint density at radius 3 is 2.48 bits per heavy atom. The Bertz CT molecular complexity index is 482. The molecule has 1 spiro atoms. The third kappa shape index (κ3) is 1.73. The molecular weight excluding hydrogens is 256 g/mol. The highest BCUT2D eigenvalue weighted by molar-refractivity contribution is 5.25. The Hall–Kier alpha value is -0.300. The molecule has 4 aliphatic rings. The maximum atomic E-state index is 10.1. The van der Waals surface area contributed by atoms with Crippen LogP contribution in [0.25, 0.3) is 0 Å². The summed E-state index contributed by atoms with van der Waals surface area (Å²) >= 11 is 0. The Kier molecular flexibility index (Phi) is 2.83. The molecule has 0 aliphatic heterocycles. The second-order valence-electron chi connectivity index (χ2n) is 9.75. The monoisotopic (exact) mass is 288 g/mol. The second kappa shape index (κ2) is 4.16. The SMILES string of the molecule is C[C@]12C=C[C@@]3(CCC4[C@](C)(CO)CCC[C@@]4(C)C3CC1)C2. The van der Waals surface area contributed by atoms with Crippen LogP contribution in [0.3, 0.4) is 0 Å². The van der Waals surface area contributed by atoms with Gasteiger partial charge in [0.2, 0.25) is 0 Å². The zero-order valence-corrected chi connectivity index (χ0v) is 14.1. The van der Waals surface area contributed by atoms with Crippen LogP contribution in [0.1, 0.15) is 72.1 Å². The molecule has 4 rings (SSSR count). The summed E-state index contributed by atoms with van der Waals surface area (Å²) in [6.45, 7) is 7.82. The Morgan fingerprint density at radius 2 is 1.71 bits per heavy atom. The van der Waals surface area contributed by atoms with Crippen LogP contribution in [0.5, 0.6) is 0 Å². The van der Waals surface area contributed by atoms with Crippen LogP contribution in [-0.2, 0) is 0 Å². The first-order valence-electron chi connectivity index (χ1n) is 9.17. The molecule has 21 heavy (non-hydrogen) atoms. The molecule has 0 saturated heterocycles. The maximum Gasteiger partial charge on any atom is 0.0487 e. The van der Waals surface area contributed by atoms with Gasteiger partial charge in [0.25, 0.3) is 0 Å². The van der Waals surface area contributed by atoms with E-state index in [0.717, 1.165) is 11.8 Å². The minimum absolute atomic E-state index is 0.178. The minimum atomic E-state index is 0.178. The fourth-order valence-corrected chi connectivity index (χ4v) is 7.46. The van der Waals surface area contributed by atoms with Gasteiger partial charge in [0.15, 0.2) is 0 Å². The van der Waals surface area contributed by atoms with Gasteiger partial charge in [0, 0.05) is 6.61 Å². The highest BCUT2D eigenvalue weighted by Crippen LogP contribution is 2.71. The van der Waals surface area contributed by atoms with E-state index in [1.807, 2.05) is 0 Å². The molecule has 6 atom stereocenters. The van der Waals surface area contributed by atoms with Crippen molar-refractivity contribution in [3.63, 3.8) is 0 Å². The van der Waals surface area contributed by atoms with Crippen molar-refractivity contribution in [3.05, 3.63) is 12.2 Å². The highest BCUT2D eigenvalue weighted by Gasteiger charge is 2.63. The zero-order valence-electron chi connectivity index (χ0n) is 14.1. The molecule has 1 nitrogen and oxygen atoms in total. The first-order chi connectivity index (χ1) is 9.86. The van der Waals surface area contributed by atoms with Gasteiger partial charge in [0.05, 0.1) is 0 Å². The molecule has 4 aliphatic carbocycles. The average molecular weight is 288 g/mol. The van der Waals surface area contributed by atoms with Gasteiger partial charge in [-0.25, -0.2) is 0 Å². The van der Waals surface area contributed by atoms with Crippen molar-refractivity contribution in [1.29, 1.82) is 0 Å². The number of rotatable bonds is 1. The largest absolute Gasteiger partial charge is 0.396 e. The van der Waals surface area contributed by atoms with Crippen LogP contribution >= 0.6 is 0 Å². The molecule has 0 aromatic rings. The first kappa shape index (κ1) is 14.3. The topological polar surface area (TPSA) is 20.2 Å². The van der Waals surface area contributed by atoms with Crippen LogP contribution < -0.4 is 0 Å². The van der Waals surface area contributed by atoms with Crippen molar-refractivity contribution in [2.45, 2.75) is 72.1 Å². The van der Waals surface area contributed by atoms with Crippen molar-refractivity contribution >= 4 is 0 Å². The smallest absolute Gasteiger partial charge is 0.0487 e. The summed E-state index contributed by atoms with van der Waals surface area (Å²) in [5.74, 6) is 1.60. The van der Waals surface area contributed by atoms with Crippen molar-refractivity contribution in [1.82, 2.24) is 0 Å². The van der Waals surface area contributed by atoms with Gasteiger partial charge >= 0.3 is 0 Å². The van der Waals surface area contributed by atoms with Crippen molar-refractivity contribution in [2.24, 2.45) is 33.5 Å². The first-order valence-corrected chi connectivity index (χ1v) is 9.17. The summed E-state index contributed by atoms with van der Waals surface area (Å²) in [6, 6.07) is 0. The standard InChI is InChI=1S/C20H32O/c1-17-9-5-16-19(3)8-4-7-18(2,14-21)15(19)6-10-20(16,13-17)12-11-17/h11-12,15-16,21H,4-10,13-14H2,1-3H3/t15?,16?,17-,18+,19-,20+/m1/s1. The lowest BCUT2D eigenvalue weighted by Crippen LogP contribution is -2.57. The van der Waals surface area contributed by atoms with Gasteiger partial charge in [-0.05, 0) is 78.4 Å². The number of hydrogen-bond donors (Lipinski definition) is 1. The molecule has 2 bridgehead atoms. The molecule has 0 aromatic heterocycles. The molecule has 118 valence electrons. The molecule has 3 saturated carbocycles. The van der Waals surface area contributed by atoms with Gasteiger partial charge in [-0.2, -0.15) is 0 Å². The third-order valence-electron chi connectivity index (χ3n) is 8.41. The molecule has 0 heterocycles. The fraction of sp³-hybridized carbons (Fsp3) is 0.900. The van der Waals surface area contributed by atoms with Gasteiger partial charge in [0.1, 0.15) is 0 Å². The molecule has 1 heteroatoms. The predicted octanol–water partition coefficient (Wildman–Crippen LogP) is 4.95. The van der Waals surface area contributed by atoms with E-state index >= 15 is 0 Å². The van der Waals surface area contributed by atoms with E-state index in [4.69, 9.17) is 0 Å². The lowest BCUT2D eigenvalue weighted by molar-refractivity contribution is -0.154. The second-order valence-corrected chi connectivity index (χ2v) is 9.75. The number of aliphatic hydroxyl groups excluding tert-OH is 1. The van der Waals surface area contributed by atoms with Crippen LogP contribution in [0.15, 0.2) is 12.2 Å². The predicted molar refractivity (Wildman–Crippen MR) is 86.9 cm³/mol. The average Bonchev–Trinajstić information content (AvgIpc) is 2.69. The number of allylic oxidation sites excluding steroid dienone is 2. The van der Waals surface area contributed by atoms with Crippen LogP contribution in [0.4, 0.5) is 0 Å². The summed E-state index contributed by atoms with van der Waals surface area (Å²) in [5, 5.41) is 10.1. The Balaban J connectivity index is 1.74. The number of aliphatic hydroxyl groups is 1. The van der Waals surface area contributed by atoms with Gasteiger partial charge < -0.3 is 5.11 Å². The zero-order chi connectivity index (χ0) is 14.9. The molecule has 2 unspecified atom stereocenters. The quantitative estimate of drug-likeness (QED) is 0.677. The maximum absolute atomic E-state index is 10.1. The summed E-state index contributed by atoms with van der Waals surface area (Å²) < 4.78 is 0. The van der Waals surface area contributed by atoms with Crippen LogP contribution in [0, 0.1) is 33.5 Å². The van der Waals surface area contributed by atoms with E-state index in [-0.39, 0.29) is 5.41 Å². The summed E-state index contributed by atoms with van der Waals surface area (Å²) in [5.41, 5.74) is 1.64. The van der Waals surface area contributed by atoms with Crippen molar-refractivity contribution < 1.29 is 5.11 Å². The minimum Gasteiger partial charge on any atom is -0.396 e. The van der Waals surface area contributed by atoms with E-state index in [1.165, 1.54) is 51.4 Å². The van der Waals surface area contributed by atoms with Gasteiger partial charge in [-0.15, -0.1) is 0 Å². The third-order valence-corrected chi connectivity index (χ3v) is 8.41. The number of fused-ring (bicyclic) bond motifs is 3. The van der Waals surface area contributed by atoms with Gasteiger partial charge in [-0.3, -0.25) is 0 Å². The van der Waals surface area contributed by atoms with Crippen LogP contribution in [0.2, 0.25) is 0 Å². The summed E-state index contributed by atoms with van der Waals surface area (Å²) in [7, 11) is 0. The van der Waals surface area contributed by atoms with E-state index < -0.39 is 0 Å². The molecular formula is C20H32O. The fourth-order valence-electron chi connectivity index (χ4n) is 7.46.